The highest BCUT2D eigenvalue weighted by atomic mass is 79.9. The Morgan fingerprint density at radius 2 is 2.15 bits per heavy atom. The fourth-order valence-corrected chi connectivity index (χ4v) is 2.82. The first kappa shape index (κ1) is 15.0. The van der Waals surface area contributed by atoms with Crippen LogP contribution in [0.4, 0.5) is 4.39 Å². The van der Waals surface area contributed by atoms with Crippen molar-refractivity contribution in [3.8, 4) is 0 Å². The highest BCUT2D eigenvalue weighted by Gasteiger charge is 2.31. The van der Waals surface area contributed by atoms with Gasteiger partial charge in [-0.15, -0.1) is 0 Å². The number of carbonyl (C=O) groups excluding carboxylic acids is 1. The van der Waals surface area contributed by atoms with E-state index in [2.05, 4.69) is 15.9 Å². The molecule has 1 saturated heterocycles. The average Bonchev–Trinajstić information content (AvgIpc) is 2.42. The number of carboxylic acids is 1. The Morgan fingerprint density at radius 3 is 2.85 bits per heavy atom. The van der Waals surface area contributed by atoms with Crippen LogP contribution in [0.1, 0.15) is 24.8 Å². The second-order valence-electron chi connectivity index (χ2n) is 4.85. The predicted molar refractivity (Wildman–Crippen MR) is 74.8 cm³/mol. The molecule has 1 aromatic carbocycles. The summed E-state index contributed by atoms with van der Waals surface area (Å²) >= 11 is 3.27. The Morgan fingerprint density at radius 1 is 1.40 bits per heavy atom. The van der Waals surface area contributed by atoms with E-state index in [4.69, 9.17) is 5.11 Å². The number of carbonyl (C=O) groups is 2. The van der Waals surface area contributed by atoms with E-state index in [9.17, 15) is 14.0 Å². The number of hydrogen-bond donors (Lipinski definition) is 1. The van der Waals surface area contributed by atoms with Crippen LogP contribution >= 0.6 is 15.9 Å². The van der Waals surface area contributed by atoms with E-state index < -0.39 is 17.8 Å². The number of rotatable bonds is 3. The van der Waals surface area contributed by atoms with Crippen LogP contribution in [-0.4, -0.2) is 34.5 Å². The van der Waals surface area contributed by atoms with Crippen LogP contribution in [0, 0.1) is 5.82 Å². The van der Waals surface area contributed by atoms with Gasteiger partial charge in [-0.25, -0.2) is 9.18 Å². The van der Waals surface area contributed by atoms with Crippen molar-refractivity contribution in [3.05, 3.63) is 34.1 Å². The second-order valence-corrected chi connectivity index (χ2v) is 5.70. The Kier molecular flexibility index (Phi) is 4.75. The van der Waals surface area contributed by atoms with Crippen LogP contribution in [0.2, 0.25) is 0 Å². The van der Waals surface area contributed by atoms with Crippen LogP contribution < -0.4 is 0 Å². The van der Waals surface area contributed by atoms with Crippen molar-refractivity contribution in [1.82, 2.24) is 4.90 Å². The number of aliphatic carboxylic acids is 1. The van der Waals surface area contributed by atoms with Gasteiger partial charge in [-0.3, -0.25) is 4.79 Å². The van der Waals surface area contributed by atoms with Gasteiger partial charge in [0.1, 0.15) is 11.9 Å². The van der Waals surface area contributed by atoms with Crippen LogP contribution in [0.25, 0.3) is 0 Å². The number of benzene rings is 1. The lowest BCUT2D eigenvalue weighted by molar-refractivity contribution is -0.151. The van der Waals surface area contributed by atoms with Gasteiger partial charge in [0, 0.05) is 11.0 Å². The lowest BCUT2D eigenvalue weighted by atomic mass is 10.0. The quantitative estimate of drug-likeness (QED) is 0.917. The first-order chi connectivity index (χ1) is 9.49. The molecule has 20 heavy (non-hydrogen) atoms. The number of hydrogen-bond acceptors (Lipinski definition) is 2. The third-order valence-electron chi connectivity index (χ3n) is 3.46. The SMILES string of the molecule is O=C(O)[C@H]1CCCCN1C(=O)Cc1cc(F)ccc1Br. The molecule has 1 heterocycles. The summed E-state index contributed by atoms with van der Waals surface area (Å²) in [5.41, 5.74) is 0.532. The Balaban J connectivity index is 2.14. The van der Waals surface area contributed by atoms with E-state index in [1.807, 2.05) is 0 Å². The largest absolute Gasteiger partial charge is 0.480 e. The maximum atomic E-state index is 13.2. The molecule has 0 spiro atoms. The minimum Gasteiger partial charge on any atom is -0.480 e. The van der Waals surface area contributed by atoms with E-state index in [1.165, 1.54) is 17.0 Å². The molecule has 1 fully saturated rings. The molecule has 2 rings (SSSR count). The van der Waals surface area contributed by atoms with Gasteiger partial charge in [0.25, 0.3) is 0 Å². The van der Waals surface area contributed by atoms with Crippen molar-refractivity contribution in [1.29, 1.82) is 0 Å². The fraction of sp³-hybridized carbons (Fsp3) is 0.429. The smallest absolute Gasteiger partial charge is 0.326 e. The predicted octanol–water partition coefficient (Wildman–Crippen LogP) is 2.60. The van der Waals surface area contributed by atoms with Gasteiger partial charge >= 0.3 is 5.97 Å². The number of carboxylic acid groups (broad SMARTS) is 1. The molecule has 1 aromatic rings. The zero-order valence-corrected chi connectivity index (χ0v) is 12.4. The summed E-state index contributed by atoms with van der Waals surface area (Å²) in [7, 11) is 0. The Labute approximate surface area is 124 Å². The summed E-state index contributed by atoms with van der Waals surface area (Å²) in [6.07, 6.45) is 2.10. The minimum absolute atomic E-state index is 0.00211. The molecule has 0 radical (unpaired) electrons. The highest BCUT2D eigenvalue weighted by molar-refractivity contribution is 9.10. The van der Waals surface area contributed by atoms with Gasteiger partial charge in [-0.1, -0.05) is 15.9 Å². The van der Waals surface area contributed by atoms with Crippen molar-refractivity contribution in [2.45, 2.75) is 31.7 Å². The first-order valence-electron chi connectivity index (χ1n) is 6.45. The monoisotopic (exact) mass is 343 g/mol. The fourth-order valence-electron chi connectivity index (χ4n) is 2.43. The number of amides is 1. The van der Waals surface area contributed by atoms with Crippen LogP contribution in [0.5, 0.6) is 0 Å². The summed E-state index contributed by atoms with van der Waals surface area (Å²) in [5, 5.41) is 9.16. The summed E-state index contributed by atoms with van der Waals surface area (Å²) < 4.78 is 13.9. The van der Waals surface area contributed by atoms with Gasteiger partial charge in [0.15, 0.2) is 0 Å². The zero-order valence-electron chi connectivity index (χ0n) is 10.8. The van der Waals surface area contributed by atoms with E-state index in [1.54, 1.807) is 6.07 Å². The maximum Gasteiger partial charge on any atom is 0.326 e. The zero-order chi connectivity index (χ0) is 14.7. The van der Waals surface area contributed by atoms with E-state index in [0.717, 1.165) is 12.8 Å². The second kappa shape index (κ2) is 6.35. The molecule has 0 bridgehead atoms. The molecule has 1 aliphatic rings. The molecule has 0 unspecified atom stereocenters. The van der Waals surface area contributed by atoms with Crippen molar-refractivity contribution >= 4 is 27.8 Å². The van der Waals surface area contributed by atoms with Gasteiger partial charge in [-0.2, -0.15) is 0 Å². The third kappa shape index (κ3) is 3.36. The van der Waals surface area contributed by atoms with E-state index in [-0.39, 0.29) is 12.3 Å². The number of nitrogens with zero attached hydrogens (tertiary/aromatic N) is 1. The Bertz CT molecular complexity index is 535. The topological polar surface area (TPSA) is 57.6 Å². The molecule has 0 aromatic heterocycles. The number of likely N-dealkylation sites (tertiary alicyclic amines) is 1. The number of halogens is 2. The summed E-state index contributed by atoms with van der Waals surface area (Å²) in [4.78, 5) is 24.8. The van der Waals surface area contributed by atoms with Crippen molar-refractivity contribution in [2.24, 2.45) is 0 Å². The molecule has 0 aliphatic carbocycles. The molecule has 1 aliphatic heterocycles. The van der Waals surface area contributed by atoms with Gasteiger partial charge in [0.05, 0.1) is 6.42 Å². The van der Waals surface area contributed by atoms with Gasteiger partial charge in [0.2, 0.25) is 5.91 Å². The van der Waals surface area contributed by atoms with Crippen LogP contribution in [-0.2, 0) is 16.0 Å². The van der Waals surface area contributed by atoms with Gasteiger partial charge < -0.3 is 10.0 Å². The average molecular weight is 344 g/mol. The lowest BCUT2D eigenvalue weighted by Gasteiger charge is -2.33. The summed E-state index contributed by atoms with van der Waals surface area (Å²) in [6.45, 7) is 0.447. The molecule has 4 nitrogen and oxygen atoms in total. The van der Waals surface area contributed by atoms with E-state index in [0.29, 0.717) is 23.0 Å². The van der Waals surface area contributed by atoms with Crippen molar-refractivity contribution < 1.29 is 19.1 Å². The molecule has 0 saturated carbocycles. The molecule has 108 valence electrons. The van der Waals surface area contributed by atoms with Crippen molar-refractivity contribution in [2.75, 3.05) is 6.54 Å². The third-order valence-corrected chi connectivity index (χ3v) is 4.23. The molecule has 1 N–H and O–H groups in total. The van der Waals surface area contributed by atoms with E-state index >= 15 is 0 Å². The number of piperidine rings is 1. The maximum absolute atomic E-state index is 13.2. The lowest BCUT2D eigenvalue weighted by Crippen LogP contribution is -2.48. The summed E-state index contributed by atoms with van der Waals surface area (Å²) in [6, 6.07) is 3.38. The van der Waals surface area contributed by atoms with Crippen molar-refractivity contribution in [3.63, 3.8) is 0 Å². The molecule has 6 heteroatoms. The Hall–Kier alpha value is -1.43. The first-order valence-corrected chi connectivity index (χ1v) is 7.24. The highest BCUT2D eigenvalue weighted by Crippen LogP contribution is 2.22. The summed E-state index contributed by atoms with van der Waals surface area (Å²) in [5.74, 6) is -1.66. The van der Waals surface area contributed by atoms with Gasteiger partial charge in [-0.05, 0) is 43.0 Å². The molecule has 1 amide bonds. The normalized spacial score (nSPS) is 18.9. The minimum atomic E-state index is -0.976. The standard InChI is InChI=1S/C14H15BrFNO3/c15-11-5-4-10(16)7-9(11)8-13(18)17-6-2-1-3-12(17)14(19)20/h4-5,7,12H,1-3,6,8H2,(H,19,20)/t12-/m1/s1. The molecule has 1 atom stereocenters. The molecular weight excluding hydrogens is 329 g/mol. The van der Waals surface area contributed by atoms with Crippen LogP contribution in [0.15, 0.2) is 22.7 Å². The van der Waals surface area contributed by atoms with Crippen LogP contribution in [0.3, 0.4) is 0 Å². The molecular formula is C14H15BrFNO3.